The standard InChI is InChI=1S/C17H10BrFN2O5S2/c18-11-5-9(19)1-4-13(11)28(24,25)21-12-3-2-10-15(14(12)17(22)23)26-7-8-6-20-27-16(8)10/h1-6,21H,7H2,(H,22,23). The van der Waals surface area contributed by atoms with E-state index in [1.807, 2.05) is 0 Å². The molecule has 0 aliphatic carbocycles. The quantitative estimate of drug-likeness (QED) is 0.577. The van der Waals surface area contributed by atoms with Crippen LogP contribution >= 0.6 is 27.5 Å². The predicted molar refractivity (Wildman–Crippen MR) is 104 cm³/mol. The van der Waals surface area contributed by atoms with Gasteiger partial charge in [-0.1, -0.05) is 0 Å². The van der Waals surface area contributed by atoms with Gasteiger partial charge in [-0.05, 0) is 57.8 Å². The number of carboxylic acid groups (broad SMARTS) is 1. The van der Waals surface area contributed by atoms with Gasteiger partial charge in [-0.3, -0.25) is 4.72 Å². The Hall–Kier alpha value is -2.50. The minimum Gasteiger partial charge on any atom is -0.487 e. The van der Waals surface area contributed by atoms with Crippen molar-refractivity contribution in [1.82, 2.24) is 4.37 Å². The van der Waals surface area contributed by atoms with Crippen LogP contribution in [0.4, 0.5) is 10.1 Å². The number of halogens is 2. The van der Waals surface area contributed by atoms with Gasteiger partial charge in [-0.25, -0.2) is 22.0 Å². The van der Waals surface area contributed by atoms with Crippen LogP contribution in [0, 0.1) is 5.82 Å². The van der Waals surface area contributed by atoms with Gasteiger partial charge in [0, 0.05) is 21.8 Å². The lowest BCUT2D eigenvalue weighted by Gasteiger charge is -2.21. The van der Waals surface area contributed by atoms with E-state index >= 15 is 0 Å². The van der Waals surface area contributed by atoms with Crippen LogP contribution in [-0.4, -0.2) is 23.9 Å². The Morgan fingerprint density at radius 2 is 2.11 bits per heavy atom. The zero-order chi connectivity index (χ0) is 20.1. The zero-order valence-corrected chi connectivity index (χ0v) is 17.0. The Morgan fingerprint density at radius 1 is 1.32 bits per heavy atom. The van der Waals surface area contributed by atoms with Crippen LogP contribution in [0.1, 0.15) is 15.9 Å². The van der Waals surface area contributed by atoms with Crippen LogP contribution in [0.5, 0.6) is 5.75 Å². The van der Waals surface area contributed by atoms with Gasteiger partial charge in [0.2, 0.25) is 0 Å². The van der Waals surface area contributed by atoms with E-state index in [2.05, 4.69) is 25.0 Å². The fourth-order valence-electron chi connectivity index (χ4n) is 2.84. The normalized spacial score (nSPS) is 12.6. The van der Waals surface area contributed by atoms with Crippen molar-refractivity contribution < 1.29 is 27.4 Å². The minimum atomic E-state index is -4.19. The highest BCUT2D eigenvalue weighted by molar-refractivity contribution is 9.10. The molecule has 0 atom stereocenters. The average molecular weight is 485 g/mol. The van der Waals surface area contributed by atoms with Gasteiger partial charge < -0.3 is 9.84 Å². The van der Waals surface area contributed by atoms with E-state index in [4.69, 9.17) is 4.74 Å². The van der Waals surface area contributed by atoms with Gasteiger partial charge in [0.05, 0.1) is 10.6 Å². The summed E-state index contributed by atoms with van der Waals surface area (Å²) in [6.45, 7) is 0.138. The summed E-state index contributed by atoms with van der Waals surface area (Å²) in [7, 11) is -4.19. The number of sulfonamides is 1. The number of ether oxygens (including phenoxy) is 1. The molecule has 2 N–H and O–H groups in total. The summed E-state index contributed by atoms with van der Waals surface area (Å²) in [5, 5.41) is 9.69. The van der Waals surface area contributed by atoms with Crippen molar-refractivity contribution in [3.63, 3.8) is 0 Å². The van der Waals surface area contributed by atoms with E-state index in [0.29, 0.717) is 5.56 Å². The van der Waals surface area contributed by atoms with Gasteiger partial charge in [0.15, 0.2) is 0 Å². The lowest BCUT2D eigenvalue weighted by Crippen LogP contribution is -2.18. The van der Waals surface area contributed by atoms with Crippen molar-refractivity contribution in [2.75, 3.05) is 4.72 Å². The summed E-state index contributed by atoms with van der Waals surface area (Å²) in [5.41, 5.74) is 0.901. The van der Waals surface area contributed by atoms with E-state index in [1.165, 1.54) is 17.6 Å². The molecule has 2 heterocycles. The smallest absolute Gasteiger partial charge is 0.341 e. The Bertz CT molecular complexity index is 1230. The molecule has 2 aromatic carbocycles. The van der Waals surface area contributed by atoms with Crippen LogP contribution in [0.3, 0.4) is 0 Å². The molecule has 144 valence electrons. The van der Waals surface area contributed by atoms with Gasteiger partial charge in [-0.15, -0.1) is 0 Å². The Kier molecular flexibility index (Phi) is 4.60. The van der Waals surface area contributed by atoms with Gasteiger partial charge >= 0.3 is 5.97 Å². The number of carboxylic acids is 1. The molecule has 1 aliphatic heterocycles. The number of carbonyl (C=O) groups is 1. The van der Waals surface area contributed by atoms with Crippen molar-refractivity contribution in [3.05, 3.63) is 57.9 Å². The highest BCUT2D eigenvalue weighted by Crippen LogP contribution is 2.44. The lowest BCUT2D eigenvalue weighted by molar-refractivity contribution is 0.0693. The third-order valence-corrected chi connectivity index (χ3v) is 7.28. The van der Waals surface area contributed by atoms with Crippen molar-refractivity contribution in [1.29, 1.82) is 0 Å². The van der Waals surface area contributed by atoms with Crippen molar-refractivity contribution in [2.24, 2.45) is 0 Å². The van der Waals surface area contributed by atoms with Crippen LogP contribution in [-0.2, 0) is 16.6 Å². The number of nitrogens with zero attached hydrogens (tertiary/aromatic N) is 1. The Labute approximate surface area is 171 Å². The second kappa shape index (κ2) is 6.83. The molecular formula is C17H10BrFN2O5S2. The average Bonchev–Trinajstić information content (AvgIpc) is 3.09. The molecule has 0 bridgehead atoms. The zero-order valence-electron chi connectivity index (χ0n) is 13.8. The summed E-state index contributed by atoms with van der Waals surface area (Å²) in [4.78, 5) is 12.4. The molecule has 4 rings (SSSR count). The van der Waals surface area contributed by atoms with Crippen LogP contribution in [0.15, 0.2) is 45.9 Å². The maximum Gasteiger partial charge on any atom is 0.341 e. The first kappa shape index (κ1) is 18.8. The van der Waals surface area contributed by atoms with E-state index in [1.54, 1.807) is 12.3 Å². The predicted octanol–water partition coefficient (Wildman–Crippen LogP) is 4.10. The second-order valence-electron chi connectivity index (χ2n) is 5.82. The number of hydrogen-bond acceptors (Lipinski definition) is 6. The number of aromatic carboxylic acids is 1. The molecule has 28 heavy (non-hydrogen) atoms. The summed E-state index contributed by atoms with van der Waals surface area (Å²) in [6.07, 6.45) is 1.64. The van der Waals surface area contributed by atoms with Crippen LogP contribution < -0.4 is 9.46 Å². The number of nitrogens with one attached hydrogen (secondary N) is 1. The molecule has 1 aromatic heterocycles. The Morgan fingerprint density at radius 3 is 2.82 bits per heavy atom. The lowest BCUT2D eigenvalue weighted by atomic mass is 10.0. The molecule has 0 unspecified atom stereocenters. The largest absolute Gasteiger partial charge is 0.487 e. The fraction of sp³-hybridized carbons (Fsp3) is 0.0588. The minimum absolute atomic E-state index is 0.0142. The van der Waals surface area contributed by atoms with Crippen molar-refractivity contribution in [2.45, 2.75) is 11.5 Å². The van der Waals surface area contributed by atoms with Crippen molar-refractivity contribution in [3.8, 4) is 16.2 Å². The molecular weight excluding hydrogens is 475 g/mol. The molecule has 7 nitrogen and oxygen atoms in total. The van der Waals surface area contributed by atoms with E-state index in [9.17, 15) is 22.7 Å². The first-order valence-corrected chi connectivity index (χ1v) is 10.8. The monoisotopic (exact) mass is 484 g/mol. The summed E-state index contributed by atoms with van der Waals surface area (Å²) in [5.74, 6) is -1.89. The van der Waals surface area contributed by atoms with E-state index in [-0.39, 0.29) is 33.0 Å². The number of fused-ring (bicyclic) bond motifs is 3. The third kappa shape index (κ3) is 3.15. The van der Waals surface area contributed by atoms with Crippen molar-refractivity contribution >= 4 is 49.1 Å². The first-order valence-electron chi connectivity index (χ1n) is 7.73. The van der Waals surface area contributed by atoms with E-state index in [0.717, 1.165) is 28.6 Å². The molecule has 0 radical (unpaired) electrons. The number of anilines is 1. The number of rotatable bonds is 4. The number of hydrogen-bond donors (Lipinski definition) is 2. The van der Waals surface area contributed by atoms with Crippen LogP contribution in [0.2, 0.25) is 0 Å². The maximum atomic E-state index is 13.3. The third-order valence-electron chi connectivity index (χ3n) is 4.06. The number of aromatic nitrogens is 1. The first-order chi connectivity index (χ1) is 13.3. The Balaban J connectivity index is 1.82. The molecule has 0 saturated carbocycles. The molecule has 11 heteroatoms. The highest BCUT2D eigenvalue weighted by Gasteiger charge is 2.29. The van der Waals surface area contributed by atoms with Crippen LogP contribution in [0.25, 0.3) is 10.4 Å². The molecule has 0 saturated heterocycles. The number of benzene rings is 2. The van der Waals surface area contributed by atoms with E-state index < -0.39 is 21.8 Å². The van der Waals surface area contributed by atoms with Gasteiger partial charge in [0.1, 0.15) is 28.6 Å². The molecule has 0 amide bonds. The highest BCUT2D eigenvalue weighted by atomic mass is 79.9. The van der Waals surface area contributed by atoms with Gasteiger partial charge in [-0.2, -0.15) is 0 Å². The fourth-order valence-corrected chi connectivity index (χ4v) is 5.73. The summed E-state index contributed by atoms with van der Waals surface area (Å²) < 4.78 is 50.7. The molecule has 0 spiro atoms. The molecule has 3 aromatic rings. The topological polar surface area (TPSA) is 106 Å². The second-order valence-corrected chi connectivity index (χ2v) is 9.13. The maximum absolute atomic E-state index is 13.3. The van der Waals surface area contributed by atoms with Gasteiger partial charge in [0.25, 0.3) is 10.0 Å². The molecule has 0 fully saturated rings. The molecule has 1 aliphatic rings. The SMILES string of the molecule is O=C(O)c1c(NS(=O)(=O)c2ccc(F)cc2Br)ccc2c1OCc1cnsc1-2. The summed E-state index contributed by atoms with van der Waals surface area (Å²) >= 11 is 4.22. The summed E-state index contributed by atoms with van der Waals surface area (Å²) in [6, 6.07) is 6.03.